The van der Waals surface area contributed by atoms with Crippen LogP contribution >= 0.6 is 0 Å². The van der Waals surface area contributed by atoms with Gasteiger partial charge in [-0.15, -0.1) is 0 Å². The molecule has 0 aliphatic rings. The van der Waals surface area contributed by atoms with Gasteiger partial charge in [-0.2, -0.15) is 0 Å². The Balaban J connectivity index is 2.46. The van der Waals surface area contributed by atoms with Crippen molar-refractivity contribution in [1.82, 2.24) is 9.97 Å². The minimum Gasteiger partial charge on any atom is -0.496 e. The molecule has 2 rings (SSSR count). The number of H-pyrrole nitrogens is 1. The van der Waals surface area contributed by atoms with Gasteiger partial charge in [0.15, 0.2) is 0 Å². The van der Waals surface area contributed by atoms with Crippen LogP contribution in [0.5, 0.6) is 5.75 Å². The van der Waals surface area contributed by atoms with Crippen molar-refractivity contribution < 1.29 is 4.74 Å². The molecule has 2 aromatic rings. The van der Waals surface area contributed by atoms with Crippen molar-refractivity contribution in [3.63, 3.8) is 0 Å². The molecule has 0 saturated carbocycles. The zero-order valence-electron chi connectivity index (χ0n) is 10.8. The van der Waals surface area contributed by atoms with E-state index in [1.165, 1.54) is 5.56 Å². The van der Waals surface area contributed by atoms with E-state index in [1.807, 2.05) is 12.3 Å². The van der Waals surface area contributed by atoms with Crippen molar-refractivity contribution in [3.8, 4) is 5.75 Å². The molecule has 1 atom stereocenters. The minimum atomic E-state index is 0.0430. The normalized spacial score (nSPS) is 12.4. The van der Waals surface area contributed by atoms with E-state index in [-0.39, 0.29) is 5.92 Å². The molecule has 1 heterocycles. The quantitative estimate of drug-likeness (QED) is 0.847. The Hall–Kier alpha value is -1.81. The van der Waals surface area contributed by atoms with Crippen LogP contribution in [0.2, 0.25) is 0 Å². The van der Waals surface area contributed by atoms with E-state index in [0.29, 0.717) is 6.54 Å². The van der Waals surface area contributed by atoms with Gasteiger partial charge in [0.05, 0.1) is 13.0 Å². The molecule has 1 aromatic carbocycles. The van der Waals surface area contributed by atoms with E-state index in [4.69, 9.17) is 10.5 Å². The van der Waals surface area contributed by atoms with Gasteiger partial charge in [0.2, 0.25) is 0 Å². The second-order valence-corrected chi connectivity index (χ2v) is 4.19. The van der Waals surface area contributed by atoms with Crippen LogP contribution < -0.4 is 10.5 Å². The maximum absolute atomic E-state index is 5.90. The number of nitrogens with one attached hydrogen (secondary N) is 1. The summed E-state index contributed by atoms with van der Waals surface area (Å²) in [5.74, 6) is 1.78. The second kappa shape index (κ2) is 5.69. The standard InChI is InChI=1S/C14H19N3O/c1-3-10-4-5-13(18-2)11(8-10)12(9-15)14-16-6-7-17-14/h4-8,12H,3,9,15H2,1-2H3,(H,16,17). The summed E-state index contributed by atoms with van der Waals surface area (Å²) in [4.78, 5) is 7.43. The largest absolute Gasteiger partial charge is 0.496 e. The third kappa shape index (κ3) is 2.38. The molecule has 0 aliphatic heterocycles. The number of nitrogens with two attached hydrogens (primary N) is 1. The van der Waals surface area contributed by atoms with Crippen LogP contribution in [0.3, 0.4) is 0 Å². The van der Waals surface area contributed by atoms with Crippen LogP contribution in [0.1, 0.15) is 29.8 Å². The lowest BCUT2D eigenvalue weighted by molar-refractivity contribution is 0.407. The lowest BCUT2D eigenvalue weighted by Crippen LogP contribution is -2.16. The highest BCUT2D eigenvalue weighted by atomic mass is 16.5. The first kappa shape index (κ1) is 12.6. The Kier molecular flexibility index (Phi) is 3.99. The van der Waals surface area contributed by atoms with E-state index < -0.39 is 0 Å². The number of hydrogen-bond acceptors (Lipinski definition) is 3. The summed E-state index contributed by atoms with van der Waals surface area (Å²) in [5.41, 5.74) is 8.26. The Morgan fingerprint density at radius 1 is 1.44 bits per heavy atom. The van der Waals surface area contributed by atoms with Crippen LogP contribution in [0.15, 0.2) is 30.6 Å². The predicted octanol–water partition coefficient (Wildman–Crippen LogP) is 2.07. The van der Waals surface area contributed by atoms with Crippen LogP contribution in [-0.4, -0.2) is 23.6 Å². The van der Waals surface area contributed by atoms with Crippen LogP contribution in [0, 0.1) is 0 Å². The molecule has 0 spiro atoms. The zero-order chi connectivity index (χ0) is 13.0. The topological polar surface area (TPSA) is 63.9 Å². The molecule has 4 heteroatoms. The molecule has 1 aromatic heterocycles. The fourth-order valence-electron chi connectivity index (χ4n) is 2.13. The average Bonchev–Trinajstić information content (AvgIpc) is 2.93. The van der Waals surface area contributed by atoms with Gasteiger partial charge in [-0.25, -0.2) is 4.98 Å². The molecule has 96 valence electrons. The van der Waals surface area contributed by atoms with Gasteiger partial charge in [-0.1, -0.05) is 19.1 Å². The smallest absolute Gasteiger partial charge is 0.122 e. The molecule has 0 bridgehead atoms. The molecular formula is C14H19N3O. The fourth-order valence-corrected chi connectivity index (χ4v) is 2.13. The first-order valence-electron chi connectivity index (χ1n) is 6.16. The van der Waals surface area contributed by atoms with Gasteiger partial charge in [0.1, 0.15) is 11.6 Å². The molecule has 0 fully saturated rings. The van der Waals surface area contributed by atoms with Crippen molar-refractivity contribution in [1.29, 1.82) is 0 Å². The van der Waals surface area contributed by atoms with E-state index in [0.717, 1.165) is 23.6 Å². The van der Waals surface area contributed by atoms with Crippen molar-refractivity contribution in [2.75, 3.05) is 13.7 Å². The van der Waals surface area contributed by atoms with Crippen LogP contribution in [0.25, 0.3) is 0 Å². The molecule has 0 radical (unpaired) electrons. The summed E-state index contributed by atoms with van der Waals surface area (Å²) >= 11 is 0. The summed E-state index contributed by atoms with van der Waals surface area (Å²) in [6.07, 6.45) is 4.55. The number of ether oxygens (including phenoxy) is 1. The summed E-state index contributed by atoms with van der Waals surface area (Å²) in [5, 5.41) is 0. The van der Waals surface area contributed by atoms with Gasteiger partial charge < -0.3 is 15.5 Å². The summed E-state index contributed by atoms with van der Waals surface area (Å²) < 4.78 is 5.43. The molecule has 1 unspecified atom stereocenters. The summed E-state index contributed by atoms with van der Waals surface area (Å²) in [6.45, 7) is 2.63. The summed E-state index contributed by atoms with van der Waals surface area (Å²) in [6, 6.07) is 6.23. The predicted molar refractivity (Wildman–Crippen MR) is 71.9 cm³/mol. The third-order valence-electron chi connectivity index (χ3n) is 3.16. The van der Waals surface area contributed by atoms with Gasteiger partial charge in [0.25, 0.3) is 0 Å². The van der Waals surface area contributed by atoms with E-state index in [1.54, 1.807) is 13.3 Å². The highest BCUT2D eigenvalue weighted by Gasteiger charge is 2.19. The lowest BCUT2D eigenvalue weighted by Gasteiger charge is -2.17. The number of aryl methyl sites for hydroxylation is 1. The van der Waals surface area contributed by atoms with Gasteiger partial charge >= 0.3 is 0 Å². The van der Waals surface area contributed by atoms with Crippen molar-refractivity contribution in [3.05, 3.63) is 47.5 Å². The molecule has 18 heavy (non-hydrogen) atoms. The van der Waals surface area contributed by atoms with E-state index in [2.05, 4.69) is 29.0 Å². The van der Waals surface area contributed by atoms with Crippen LogP contribution in [0.4, 0.5) is 0 Å². The van der Waals surface area contributed by atoms with Gasteiger partial charge in [0, 0.05) is 24.5 Å². The molecule has 3 N–H and O–H groups in total. The summed E-state index contributed by atoms with van der Waals surface area (Å²) in [7, 11) is 1.68. The molecule has 0 aliphatic carbocycles. The maximum Gasteiger partial charge on any atom is 0.122 e. The first-order valence-corrected chi connectivity index (χ1v) is 6.16. The number of nitrogens with zero attached hydrogens (tertiary/aromatic N) is 1. The fraction of sp³-hybridized carbons (Fsp3) is 0.357. The van der Waals surface area contributed by atoms with E-state index in [9.17, 15) is 0 Å². The highest BCUT2D eigenvalue weighted by molar-refractivity contribution is 5.42. The Labute approximate surface area is 107 Å². The first-order chi connectivity index (χ1) is 8.80. The number of benzene rings is 1. The van der Waals surface area contributed by atoms with Gasteiger partial charge in [-0.05, 0) is 18.1 Å². The van der Waals surface area contributed by atoms with E-state index >= 15 is 0 Å². The maximum atomic E-state index is 5.90. The number of methoxy groups -OCH3 is 1. The average molecular weight is 245 g/mol. The number of aromatic nitrogens is 2. The second-order valence-electron chi connectivity index (χ2n) is 4.19. The van der Waals surface area contributed by atoms with Crippen molar-refractivity contribution in [2.45, 2.75) is 19.3 Å². The Bertz CT molecular complexity index is 494. The molecule has 4 nitrogen and oxygen atoms in total. The van der Waals surface area contributed by atoms with Crippen molar-refractivity contribution in [2.24, 2.45) is 5.73 Å². The van der Waals surface area contributed by atoms with Crippen molar-refractivity contribution >= 4 is 0 Å². The molecule has 0 amide bonds. The highest BCUT2D eigenvalue weighted by Crippen LogP contribution is 2.30. The van der Waals surface area contributed by atoms with Gasteiger partial charge in [-0.3, -0.25) is 0 Å². The zero-order valence-corrected chi connectivity index (χ0v) is 10.8. The number of rotatable bonds is 5. The minimum absolute atomic E-state index is 0.0430. The monoisotopic (exact) mass is 245 g/mol. The number of aromatic amines is 1. The molecular weight excluding hydrogens is 226 g/mol. The Morgan fingerprint density at radius 2 is 2.28 bits per heavy atom. The third-order valence-corrected chi connectivity index (χ3v) is 3.16. The lowest BCUT2D eigenvalue weighted by atomic mass is 9.95. The Morgan fingerprint density at radius 3 is 2.83 bits per heavy atom. The number of hydrogen-bond donors (Lipinski definition) is 2. The molecule has 0 saturated heterocycles. The van der Waals surface area contributed by atoms with Crippen LogP contribution in [-0.2, 0) is 6.42 Å². The SMILES string of the molecule is CCc1ccc(OC)c(C(CN)c2ncc[nH]2)c1. The number of imidazole rings is 1.